The maximum atomic E-state index is 5.69. The highest BCUT2D eigenvalue weighted by atomic mass is 15.6. The highest BCUT2D eigenvalue weighted by molar-refractivity contribution is 4.82. The molecule has 6 heteroatoms. The van der Waals surface area contributed by atoms with Crippen LogP contribution in [-0.4, -0.2) is 44.2 Å². The molecule has 2 rings (SSSR count). The molecule has 96 valence electrons. The second-order valence-corrected chi connectivity index (χ2v) is 4.75. The Kier molecular flexibility index (Phi) is 4.44. The van der Waals surface area contributed by atoms with Gasteiger partial charge in [0.25, 0.3) is 0 Å². The smallest absolute Gasteiger partial charge is 0.188 e. The van der Waals surface area contributed by atoms with Crippen LogP contribution in [0, 0.1) is 0 Å². The molecule has 0 saturated heterocycles. The maximum absolute atomic E-state index is 5.69. The molecule has 6 nitrogen and oxygen atoms in total. The fourth-order valence-corrected chi connectivity index (χ4v) is 2.57. The van der Waals surface area contributed by atoms with Gasteiger partial charge in [0.2, 0.25) is 0 Å². The Hall–Kier alpha value is -1.01. The molecule has 0 atom stereocenters. The summed E-state index contributed by atoms with van der Waals surface area (Å²) >= 11 is 0. The molecular weight excluding hydrogens is 216 g/mol. The molecule has 1 aromatic heterocycles. The molecule has 1 aliphatic carbocycles. The molecule has 0 bridgehead atoms. The largest absolute Gasteiger partial charge is 0.329 e. The summed E-state index contributed by atoms with van der Waals surface area (Å²) in [4.78, 5) is 3.92. The molecule has 0 radical (unpaired) electrons. The molecule has 1 saturated carbocycles. The Morgan fingerprint density at radius 3 is 2.71 bits per heavy atom. The van der Waals surface area contributed by atoms with Crippen molar-refractivity contribution in [2.45, 2.75) is 44.7 Å². The van der Waals surface area contributed by atoms with Crippen LogP contribution in [0.15, 0.2) is 0 Å². The van der Waals surface area contributed by atoms with Crippen LogP contribution in [0.25, 0.3) is 0 Å². The molecule has 0 aliphatic heterocycles. The SMILES string of the molecule is Cn1nnc(CN(CCN)C2CCCCC2)n1. The Labute approximate surface area is 102 Å². The van der Waals surface area contributed by atoms with Gasteiger partial charge < -0.3 is 5.73 Å². The van der Waals surface area contributed by atoms with Crippen molar-refractivity contribution >= 4 is 0 Å². The average molecular weight is 238 g/mol. The summed E-state index contributed by atoms with van der Waals surface area (Å²) < 4.78 is 0. The third-order valence-electron chi connectivity index (χ3n) is 3.40. The summed E-state index contributed by atoms with van der Waals surface area (Å²) in [5.41, 5.74) is 5.69. The van der Waals surface area contributed by atoms with Gasteiger partial charge in [-0.2, -0.15) is 4.80 Å². The van der Waals surface area contributed by atoms with Crippen molar-refractivity contribution in [3.63, 3.8) is 0 Å². The monoisotopic (exact) mass is 238 g/mol. The van der Waals surface area contributed by atoms with Gasteiger partial charge in [-0.15, -0.1) is 10.2 Å². The summed E-state index contributed by atoms with van der Waals surface area (Å²) in [6, 6.07) is 0.649. The van der Waals surface area contributed by atoms with E-state index in [9.17, 15) is 0 Å². The van der Waals surface area contributed by atoms with Crippen molar-refractivity contribution in [3.05, 3.63) is 5.82 Å². The minimum Gasteiger partial charge on any atom is -0.329 e. The van der Waals surface area contributed by atoms with Gasteiger partial charge in [0.15, 0.2) is 5.82 Å². The minimum absolute atomic E-state index is 0.649. The molecule has 0 spiro atoms. The molecule has 0 amide bonds. The lowest BCUT2D eigenvalue weighted by Gasteiger charge is -2.33. The first-order valence-corrected chi connectivity index (χ1v) is 6.46. The lowest BCUT2D eigenvalue weighted by Crippen LogP contribution is -2.39. The predicted octanol–water partition coefficient (Wildman–Crippen LogP) is 0.304. The second-order valence-electron chi connectivity index (χ2n) is 4.75. The van der Waals surface area contributed by atoms with Gasteiger partial charge in [-0.1, -0.05) is 19.3 Å². The van der Waals surface area contributed by atoms with E-state index in [0.717, 1.165) is 18.9 Å². The summed E-state index contributed by atoms with van der Waals surface area (Å²) in [6.45, 7) is 2.38. The number of hydrogen-bond donors (Lipinski definition) is 1. The van der Waals surface area contributed by atoms with Crippen molar-refractivity contribution < 1.29 is 0 Å². The second kappa shape index (κ2) is 6.07. The highest BCUT2D eigenvalue weighted by Crippen LogP contribution is 2.23. The third-order valence-corrected chi connectivity index (χ3v) is 3.40. The number of tetrazole rings is 1. The lowest BCUT2D eigenvalue weighted by atomic mass is 9.94. The van der Waals surface area contributed by atoms with Gasteiger partial charge in [-0.3, -0.25) is 4.90 Å². The first kappa shape index (κ1) is 12.4. The molecular formula is C11H22N6. The van der Waals surface area contributed by atoms with E-state index in [0.29, 0.717) is 12.6 Å². The van der Waals surface area contributed by atoms with Crippen molar-refractivity contribution in [3.8, 4) is 0 Å². The van der Waals surface area contributed by atoms with Crippen LogP contribution in [0.2, 0.25) is 0 Å². The van der Waals surface area contributed by atoms with E-state index in [2.05, 4.69) is 20.3 Å². The van der Waals surface area contributed by atoms with Crippen LogP contribution >= 0.6 is 0 Å². The van der Waals surface area contributed by atoms with Crippen molar-refractivity contribution in [2.75, 3.05) is 13.1 Å². The van der Waals surface area contributed by atoms with E-state index in [1.807, 2.05) is 0 Å². The lowest BCUT2D eigenvalue weighted by molar-refractivity contribution is 0.148. The molecule has 1 fully saturated rings. The quantitative estimate of drug-likeness (QED) is 0.799. The van der Waals surface area contributed by atoms with E-state index in [-0.39, 0.29) is 0 Å². The molecule has 0 aromatic carbocycles. The zero-order chi connectivity index (χ0) is 12.1. The third kappa shape index (κ3) is 3.47. The minimum atomic E-state index is 0.649. The van der Waals surface area contributed by atoms with Crippen LogP contribution in [0.5, 0.6) is 0 Å². The first-order valence-electron chi connectivity index (χ1n) is 6.46. The fourth-order valence-electron chi connectivity index (χ4n) is 2.57. The average Bonchev–Trinajstić information content (AvgIpc) is 2.75. The van der Waals surface area contributed by atoms with Gasteiger partial charge >= 0.3 is 0 Å². The van der Waals surface area contributed by atoms with Gasteiger partial charge in [0, 0.05) is 19.1 Å². The fraction of sp³-hybridized carbons (Fsp3) is 0.909. The van der Waals surface area contributed by atoms with Gasteiger partial charge in [-0.05, 0) is 18.1 Å². The molecule has 1 aliphatic rings. The van der Waals surface area contributed by atoms with Gasteiger partial charge in [0.1, 0.15) is 0 Å². The number of hydrogen-bond acceptors (Lipinski definition) is 5. The van der Waals surface area contributed by atoms with Crippen LogP contribution in [-0.2, 0) is 13.6 Å². The summed E-state index contributed by atoms with van der Waals surface area (Å²) in [5.74, 6) is 0.798. The van der Waals surface area contributed by atoms with Crippen LogP contribution in [0.4, 0.5) is 0 Å². The van der Waals surface area contributed by atoms with Crippen LogP contribution in [0.1, 0.15) is 37.9 Å². The Balaban J connectivity index is 1.95. The normalized spacial score (nSPS) is 17.8. The number of aromatic nitrogens is 4. The zero-order valence-corrected chi connectivity index (χ0v) is 10.5. The van der Waals surface area contributed by atoms with Crippen LogP contribution < -0.4 is 5.73 Å². The van der Waals surface area contributed by atoms with Gasteiger partial charge in [-0.25, -0.2) is 0 Å². The van der Waals surface area contributed by atoms with Crippen molar-refractivity contribution in [1.82, 2.24) is 25.1 Å². The highest BCUT2D eigenvalue weighted by Gasteiger charge is 2.21. The maximum Gasteiger partial charge on any atom is 0.188 e. The Bertz CT molecular complexity index is 330. The molecule has 2 N–H and O–H groups in total. The van der Waals surface area contributed by atoms with Crippen molar-refractivity contribution in [1.29, 1.82) is 0 Å². The number of rotatable bonds is 5. The summed E-state index contributed by atoms with van der Waals surface area (Å²) in [7, 11) is 1.80. The van der Waals surface area contributed by atoms with E-state index < -0.39 is 0 Å². The Morgan fingerprint density at radius 1 is 1.35 bits per heavy atom. The molecule has 1 aromatic rings. The standard InChI is InChI=1S/C11H22N6/c1-16-14-11(13-15-16)9-17(8-7-12)10-5-3-2-4-6-10/h10H,2-9,12H2,1H3. The Morgan fingerprint density at radius 2 is 2.12 bits per heavy atom. The van der Waals surface area contributed by atoms with E-state index >= 15 is 0 Å². The zero-order valence-electron chi connectivity index (χ0n) is 10.5. The predicted molar refractivity (Wildman–Crippen MR) is 65.1 cm³/mol. The van der Waals surface area contributed by atoms with Crippen LogP contribution in [0.3, 0.4) is 0 Å². The number of aryl methyl sites for hydroxylation is 1. The molecule has 1 heterocycles. The summed E-state index contributed by atoms with van der Waals surface area (Å²) in [6.07, 6.45) is 6.59. The van der Waals surface area contributed by atoms with Crippen molar-refractivity contribution in [2.24, 2.45) is 12.8 Å². The number of nitrogens with two attached hydrogens (primary N) is 1. The van der Waals surface area contributed by atoms with E-state index in [1.165, 1.54) is 36.9 Å². The first-order chi connectivity index (χ1) is 8.29. The molecule has 0 unspecified atom stereocenters. The van der Waals surface area contributed by atoms with Gasteiger partial charge in [0.05, 0.1) is 13.6 Å². The molecule has 17 heavy (non-hydrogen) atoms. The summed E-state index contributed by atoms with van der Waals surface area (Å²) in [5, 5.41) is 12.2. The van der Waals surface area contributed by atoms with E-state index in [1.54, 1.807) is 7.05 Å². The van der Waals surface area contributed by atoms with E-state index in [4.69, 9.17) is 5.73 Å². The topological polar surface area (TPSA) is 72.9 Å². The number of nitrogens with zero attached hydrogens (tertiary/aromatic N) is 5.